The molecule has 104 valence electrons. The van der Waals surface area contributed by atoms with Gasteiger partial charge < -0.3 is 0 Å². The van der Waals surface area contributed by atoms with Gasteiger partial charge in [0.25, 0.3) is 0 Å². The fourth-order valence-electron chi connectivity index (χ4n) is 2.57. The van der Waals surface area contributed by atoms with E-state index in [0.29, 0.717) is 0 Å². The molecule has 2 aromatic rings. The number of halogens is 1. The first kappa shape index (κ1) is 13.8. The molecule has 1 aliphatic carbocycles. The highest BCUT2D eigenvalue weighted by Crippen LogP contribution is 2.32. The fourth-order valence-corrected chi connectivity index (χ4v) is 4.42. The number of nitrogens with one attached hydrogen (secondary N) is 1. The lowest BCUT2D eigenvalue weighted by molar-refractivity contribution is 0.554. The summed E-state index contributed by atoms with van der Waals surface area (Å²) in [6, 6.07) is 14.6. The molecule has 5 heteroatoms. The lowest BCUT2D eigenvalue weighted by Crippen LogP contribution is -2.27. The zero-order valence-electron chi connectivity index (χ0n) is 10.7. The summed E-state index contributed by atoms with van der Waals surface area (Å²) in [5.74, 6) is 0. The van der Waals surface area contributed by atoms with Gasteiger partial charge in [-0.05, 0) is 42.2 Å². The molecule has 20 heavy (non-hydrogen) atoms. The van der Waals surface area contributed by atoms with Gasteiger partial charge in [0.1, 0.15) is 0 Å². The van der Waals surface area contributed by atoms with Crippen LogP contribution in [0.25, 0.3) is 0 Å². The number of hydrogen-bond donors (Lipinski definition) is 1. The van der Waals surface area contributed by atoms with E-state index in [-0.39, 0.29) is 10.9 Å². The van der Waals surface area contributed by atoms with Gasteiger partial charge >= 0.3 is 0 Å². The molecule has 0 saturated carbocycles. The van der Waals surface area contributed by atoms with Gasteiger partial charge in [-0.25, -0.2) is 13.1 Å². The van der Waals surface area contributed by atoms with Crippen molar-refractivity contribution in [2.45, 2.75) is 23.8 Å². The maximum absolute atomic E-state index is 12.4. The molecule has 0 aliphatic heterocycles. The molecule has 1 aliphatic rings. The van der Waals surface area contributed by atoms with Crippen molar-refractivity contribution < 1.29 is 8.42 Å². The molecule has 0 saturated heterocycles. The van der Waals surface area contributed by atoms with Crippen LogP contribution in [-0.4, -0.2) is 8.42 Å². The molecule has 0 amide bonds. The monoisotopic (exact) mass is 351 g/mol. The van der Waals surface area contributed by atoms with E-state index in [1.54, 1.807) is 18.2 Å². The molecule has 0 aromatic heterocycles. The van der Waals surface area contributed by atoms with E-state index in [9.17, 15) is 8.42 Å². The van der Waals surface area contributed by atoms with E-state index in [0.717, 1.165) is 22.9 Å². The van der Waals surface area contributed by atoms with Crippen molar-refractivity contribution in [2.75, 3.05) is 0 Å². The van der Waals surface area contributed by atoms with Crippen molar-refractivity contribution in [1.82, 2.24) is 4.72 Å². The second-order valence-corrected chi connectivity index (χ2v) is 7.50. The van der Waals surface area contributed by atoms with Crippen molar-refractivity contribution in [1.29, 1.82) is 0 Å². The van der Waals surface area contributed by atoms with Crippen molar-refractivity contribution in [3.05, 3.63) is 64.1 Å². The van der Waals surface area contributed by atoms with Crippen LogP contribution in [-0.2, 0) is 16.4 Å². The Kier molecular flexibility index (Phi) is 3.67. The van der Waals surface area contributed by atoms with Gasteiger partial charge in [-0.2, -0.15) is 0 Å². The average molecular weight is 352 g/mol. The molecular weight excluding hydrogens is 338 g/mol. The van der Waals surface area contributed by atoms with Crippen LogP contribution in [0.2, 0.25) is 0 Å². The average Bonchev–Trinajstić information content (AvgIpc) is 2.82. The topological polar surface area (TPSA) is 46.2 Å². The van der Waals surface area contributed by atoms with E-state index >= 15 is 0 Å². The van der Waals surface area contributed by atoms with Crippen molar-refractivity contribution in [2.24, 2.45) is 0 Å². The molecule has 0 bridgehead atoms. The van der Waals surface area contributed by atoms with Gasteiger partial charge in [-0.1, -0.05) is 46.3 Å². The summed E-state index contributed by atoms with van der Waals surface area (Å²) < 4.78 is 28.4. The van der Waals surface area contributed by atoms with Crippen LogP contribution in [0.3, 0.4) is 0 Å². The van der Waals surface area contributed by atoms with Gasteiger partial charge in [0.2, 0.25) is 10.0 Å². The number of hydrogen-bond acceptors (Lipinski definition) is 2. The third-order valence-corrected chi connectivity index (χ3v) is 5.50. The maximum Gasteiger partial charge on any atom is 0.241 e. The first-order valence-corrected chi connectivity index (χ1v) is 8.69. The van der Waals surface area contributed by atoms with Crippen molar-refractivity contribution in [3.8, 4) is 0 Å². The summed E-state index contributed by atoms with van der Waals surface area (Å²) in [6.07, 6.45) is 1.73. The minimum Gasteiger partial charge on any atom is -0.207 e. The zero-order valence-corrected chi connectivity index (χ0v) is 13.1. The van der Waals surface area contributed by atoms with Crippen LogP contribution in [0.1, 0.15) is 23.6 Å². The highest BCUT2D eigenvalue weighted by atomic mass is 79.9. The Hall–Kier alpha value is -1.17. The minimum atomic E-state index is -3.49. The number of benzene rings is 2. The second-order valence-electron chi connectivity index (χ2n) is 4.87. The summed E-state index contributed by atoms with van der Waals surface area (Å²) in [5.41, 5.74) is 2.32. The van der Waals surface area contributed by atoms with Crippen LogP contribution < -0.4 is 4.72 Å². The van der Waals surface area contributed by atoms with Crippen LogP contribution in [0.5, 0.6) is 0 Å². The Balaban J connectivity index is 1.89. The first-order chi connectivity index (χ1) is 9.56. The molecule has 0 radical (unpaired) electrons. The molecule has 1 N–H and O–H groups in total. The number of aryl methyl sites for hydroxylation is 1. The van der Waals surface area contributed by atoms with Crippen LogP contribution in [0.15, 0.2) is 57.9 Å². The summed E-state index contributed by atoms with van der Waals surface area (Å²) in [6.45, 7) is 0. The molecule has 0 unspecified atom stereocenters. The van der Waals surface area contributed by atoms with E-state index in [1.165, 1.54) is 5.56 Å². The second kappa shape index (κ2) is 5.31. The number of rotatable bonds is 3. The highest BCUT2D eigenvalue weighted by molar-refractivity contribution is 9.10. The number of sulfonamides is 1. The van der Waals surface area contributed by atoms with E-state index in [2.05, 4.69) is 26.7 Å². The predicted molar refractivity (Wildman–Crippen MR) is 82.0 cm³/mol. The lowest BCUT2D eigenvalue weighted by Gasteiger charge is -2.14. The van der Waals surface area contributed by atoms with Gasteiger partial charge in [0, 0.05) is 10.5 Å². The van der Waals surface area contributed by atoms with Gasteiger partial charge in [-0.15, -0.1) is 0 Å². The third kappa shape index (κ3) is 2.66. The van der Waals surface area contributed by atoms with Crippen molar-refractivity contribution in [3.63, 3.8) is 0 Å². The number of fused-ring (bicyclic) bond motifs is 1. The summed E-state index contributed by atoms with van der Waals surface area (Å²) in [4.78, 5) is 0.288. The van der Waals surface area contributed by atoms with E-state index < -0.39 is 10.0 Å². The lowest BCUT2D eigenvalue weighted by atomic mass is 10.1. The van der Waals surface area contributed by atoms with Gasteiger partial charge in [0.05, 0.1) is 4.90 Å². The molecule has 3 nitrogen and oxygen atoms in total. The summed E-state index contributed by atoms with van der Waals surface area (Å²) >= 11 is 3.30. The van der Waals surface area contributed by atoms with Crippen LogP contribution in [0.4, 0.5) is 0 Å². The smallest absolute Gasteiger partial charge is 0.207 e. The third-order valence-electron chi connectivity index (χ3n) is 3.54. The van der Waals surface area contributed by atoms with E-state index in [1.807, 2.05) is 24.3 Å². The van der Waals surface area contributed by atoms with Crippen LogP contribution in [0, 0.1) is 0 Å². The standard InChI is InChI=1S/C15H14BrNO2S/c16-12-5-3-6-13(10-12)20(18,19)17-15-9-8-11-4-1-2-7-14(11)15/h1-7,10,15,17H,8-9H2/t15-/m1/s1. The molecule has 0 spiro atoms. The summed E-state index contributed by atoms with van der Waals surface area (Å²) in [5, 5.41) is 0. The Labute approximate surface area is 127 Å². The normalized spacial score (nSPS) is 17.9. The first-order valence-electron chi connectivity index (χ1n) is 6.42. The Morgan fingerprint density at radius 2 is 1.90 bits per heavy atom. The molecule has 2 aromatic carbocycles. The fraction of sp³-hybridized carbons (Fsp3) is 0.200. The van der Waals surface area contributed by atoms with Crippen LogP contribution >= 0.6 is 15.9 Å². The molecule has 3 rings (SSSR count). The van der Waals surface area contributed by atoms with Gasteiger partial charge in [-0.3, -0.25) is 0 Å². The maximum atomic E-state index is 12.4. The Morgan fingerprint density at radius 1 is 1.10 bits per heavy atom. The predicted octanol–water partition coefficient (Wildman–Crippen LogP) is 3.41. The van der Waals surface area contributed by atoms with Crippen molar-refractivity contribution >= 4 is 26.0 Å². The largest absolute Gasteiger partial charge is 0.241 e. The molecule has 1 atom stereocenters. The Morgan fingerprint density at radius 3 is 2.70 bits per heavy atom. The minimum absolute atomic E-state index is 0.129. The molecule has 0 fully saturated rings. The SMILES string of the molecule is O=S(=O)(N[C@@H]1CCc2ccccc21)c1cccc(Br)c1. The molecule has 0 heterocycles. The summed E-state index contributed by atoms with van der Waals surface area (Å²) in [7, 11) is -3.49. The van der Waals surface area contributed by atoms with Gasteiger partial charge in [0.15, 0.2) is 0 Å². The Bertz CT molecular complexity index is 743. The zero-order chi connectivity index (χ0) is 14.2. The highest BCUT2D eigenvalue weighted by Gasteiger charge is 2.27. The van der Waals surface area contributed by atoms with E-state index in [4.69, 9.17) is 0 Å². The quantitative estimate of drug-likeness (QED) is 0.920. The molecular formula is C15H14BrNO2S.